The molecule has 1 rings (SSSR count). The number of terminal acetylenes is 1. The topological polar surface area (TPSA) is 65.5 Å². The zero-order valence-corrected chi connectivity index (χ0v) is 11.4. The fourth-order valence-electron chi connectivity index (χ4n) is 1.60. The van der Waals surface area contributed by atoms with E-state index in [1.165, 1.54) is 0 Å². The van der Waals surface area contributed by atoms with Gasteiger partial charge in [0.25, 0.3) is 0 Å². The first-order chi connectivity index (χ1) is 8.95. The van der Waals surface area contributed by atoms with E-state index in [1.54, 1.807) is 13.1 Å². The van der Waals surface area contributed by atoms with Gasteiger partial charge in [-0.2, -0.15) is 0 Å². The standard InChI is InChI=1S/C14H19N3O2/c1-5-6-12(10(2)14(18)19)16-11-7-8-13(15-9-11)17(3)4/h1,7-10,12,16H,6H2,2-4H3,(H,18,19). The first kappa shape index (κ1) is 14.8. The molecule has 102 valence electrons. The molecule has 0 saturated carbocycles. The highest BCUT2D eigenvalue weighted by Gasteiger charge is 2.22. The average molecular weight is 261 g/mol. The van der Waals surface area contributed by atoms with E-state index in [4.69, 9.17) is 11.5 Å². The number of aliphatic carboxylic acids is 1. The molecule has 5 nitrogen and oxygen atoms in total. The van der Waals surface area contributed by atoms with Crippen LogP contribution in [0.15, 0.2) is 18.3 Å². The highest BCUT2D eigenvalue weighted by Crippen LogP contribution is 2.17. The van der Waals surface area contributed by atoms with Crippen molar-refractivity contribution in [1.29, 1.82) is 0 Å². The number of nitrogens with one attached hydrogen (secondary N) is 1. The molecule has 0 bridgehead atoms. The number of anilines is 2. The minimum absolute atomic E-state index is 0.311. The smallest absolute Gasteiger partial charge is 0.308 e. The first-order valence-corrected chi connectivity index (χ1v) is 6.02. The molecule has 2 N–H and O–H groups in total. The summed E-state index contributed by atoms with van der Waals surface area (Å²) < 4.78 is 0. The SMILES string of the molecule is C#CCC(Nc1ccc(N(C)C)nc1)C(C)C(=O)O. The number of carboxylic acid groups (broad SMARTS) is 1. The van der Waals surface area contributed by atoms with Gasteiger partial charge >= 0.3 is 5.97 Å². The van der Waals surface area contributed by atoms with Crippen molar-refractivity contribution >= 4 is 17.5 Å². The molecule has 0 aliphatic rings. The van der Waals surface area contributed by atoms with Crippen LogP contribution in [0.1, 0.15) is 13.3 Å². The number of carboxylic acids is 1. The molecule has 0 aromatic carbocycles. The Morgan fingerprint density at radius 3 is 2.68 bits per heavy atom. The molecule has 0 amide bonds. The van der Waals surface area contributed by atoms with Crippen LogP contribution in [0, 0.1) is 18.3 Å². The van der Waals surface area contributed by atoms with Crippen LogP contribution in [0.2, 0.25) is 0 Å². The molecule has 1 aromatic heterocycles. The van der Waals surface area contributed by atoms with Crippen molar-refractivity contribution in [1.82, 2.24) is 4.98 Å². The van der Waals surface area contributed by atoms with Gasteiger partial charge < -0.3 is 15.3 Å². The van der Waals surface area contributed by atoms with E-state index in [9.17, 15) is 4.79 Å². The number of rotatable bonds is 6. The van der Waals surface area contributed by atoms with Crippen molar-refractivity contribution in [3.05, 3.63) is 18.3 Å². The predicted molar refractivity (Wildman–Crippen MR) is 76.2 cm³/mol. The Morgan fingerprint density at radius 2 is 2.26 bits per heavy atom. The highest BCUT2D eigenvalue weighted by atomic mass is 16.4. The van der Waals surface area contributed by atoms with Gasteiger partial charge in [0.1, 0.15) is 5.82 Å². The largest absolute Gasteiger partial charge is 0.481 e. The maximum atomic E-state index is 11.0. The monoisotopic (exact) mass is 261 g/mol. The predicted octanol–water partition coefficient (Wildman–Crippen LogP) is 1.67. The van der Waals surface area contributed by atoms with Crippen molar-refractivity contribution in [3.8, 4) is 12.3 Å². The average Bonchev–Trinajstić information content (AvgIpc) is 2.37. The molecule has 0 radical (unpaired) electrons. The number of nitrogens with zero attached hydrogens (tertiary/aromatic N) is 2. The number of pyridine rings is 1. The third-order valence-electron chi connectivity index (χ3n) is 2.89. The molecular formula is C14H19N3O2. The second kappa shape index (κ2) is 6.64. The lowest BCUT2D eigenvalue weighted by Crippen LogP contribution is -2.32. The molecule has 2 unspecified atom stereocenters. The summed E-state index contributed by atoms with van der Waals surface area (Å²) in [6.45, 7) is 1.64. The van der Waals surface area contributed by atoms with Gasteiger partial charge in [-0.1, -0.05) is 0 Å². The molecule has 1 heterocycles. The molecule has 2 atom stereocenters. The minimum atomic E-state index is -0.870. The van der Waals surface area contributed by atoms with E-state index in [2.05, 4.69) is 16.2 Å². The van der Waals surface area contributed by atoms with Gasteiger partial charge in [-0.3, -0.25) is 4.79 Å². The summed E-state index contributed by atoms with van der Waals surface area (Å²) in [4.78, 5) is 17.2. The second-order valence-electron chi connectivity index (χ2n) is 4.59. The van der Waals surface area contributed by atoms with E-state index in [0.717, 1.165) is 11.5 Å². The van der Waals surface area contributed by atoms with Crippen molar-refractivity contribution in [3.63, 3.8) is 0 Å². The van der Waals surface area contributed by atoms with Crippen LogP contribution in [0.5, 0.6) is 0 Å². The molecule has 0 aliphatic heterocycles. The van der Waals surface area contributed by atoms with Crippen molar-refractivity contribution in [2.45, 2.75) is 19.4 Å². The number of hydrogen-bond acceptors (Lipinski definition) is 4. The summed E-state index contributed by atoms with van der Waals surface area (Å²) in [7, 11) is 3.81. The molecule has 1 aromatic rings. The summed E-state index contributed by atoms with van der Waals surface area (Å²) in [5, 5.41) is 12.2. The lowest BCUT2D eigenvalue weighted by atomic mass is 9.99. The molecule has 0 fully saturated rings. The zero-order valence-electron chi connectivity index (χ0n) is 11.4. The van der Waals surface area contributed by atoms with Gasteiger partial charge in [0, 0.05) is 20.5 Å². The second-order valence-corrected chi connectivity index (χ2v) is 4.59. The fraction of sp³-hybridized carbons (Fsp3) is 0.429. The molecule has 19 heavy (non-hydrogen) atoms. The van der Waals surface area contributed by atoms with Crippen molar-refractivity contribution in [2.75, 3.05) is 24.3 Å². The quantitative estimate of drug-likeness (QED) is 0.763. The third kappa shape index (κ3) is 4.18. The Kier molecular flexibility index (Phi) is 5.19. The van der Waals surface area contributed by atoms with Crippen LogP contribution in [0.4, 0.5) is 11.5 Å². The Hall–Kier alpha value is -2.22. The third-order valence-corrected chi connectivity index (χ3v) is 2.89. The number of aromatic nitrogens is 1. The Bertz CT molecular complexity index is 463. The number of carbonyl (C=O) groups is 1. The van der Waals surface area contributed by atoms with Gasteiger partial charge in [0.05, 0.1) is 23.8 Å². The van der Waals surface area contributed by atoms with Crippen molar-refractivity contribution < 1.29 is 9.90 Å². The van der Waals surface area contributed by atoms with E-state index >= 15 is 0 Å². The molecule has 5 heteroatoms. The Morgan fingerprint density at radius 1 is 1.58 bits per heavy atom. The van der Waals surface area contributed by atoms with Gasteiger partial charge in [-0.15, -0.1) is 12.3 Å². The Balaban J connectivity index is 2.79. The normalized spacial score (nSPS) is 13.2. The summed E-state index contributed by atoms with van der Waals surface area (Å²) in [6.07, 6.45) is 7.30. The van der Waals surface area contributed by atoms with Crippen LogP contribution < -0.4 is 10.2 Å². The maximum Gasteiger partial charge on any atom is 0.308 e. The van der Waals surface area contributed by atoms with Crippen LogP contribution in [0.3, 0.4) is 0 Å². The summed E-state index contributed by atoms with van der Waals surface area (Å²) in [6, 6.07) is 3.41. The minimum Gasteiger partial charge on any atom is -0.481 e. The zero-order chi connectivity index (χ0) is 14.4. The van der Waals surface area contributed by atoms with E-state index in [1.807, 2.05) is 31.1 Å². The van der Waals surface area contributed by atoms with Crippen LogP contribution >= 0.6 is 0 Å². The molecule has 0 aliphatic carbocycles. The summed E-state index contributed by atoms with van der Waals surface area (Å²) in [5.74, 6) is 1.90. The van der Waals surface area contributed by atoms with Gasteiger partial charge in [-0.05, 0) is 19.1 Å². The van der Waals surface area contributed by atoms with Gasteiger partial charge in [-0.25, -0.2) is 4.98 Å². The van der Waals surface area contributed by atoms with E-state index in [0.29, 0.717) is 6.42 Å². The summed E-state index contributed by atoms with van der Waals surface area (Å²) in [5.41, 5.74) is 0.763. The summed E-state index contributed by atoms with van der Waals surface area (Å²) >= 11 is 0. The number of hydrogen-bond donors (Lipinski definition) is 2. The fourth-order valence-corrected chi connectivity index (χ4v) is 1.60. The van der Waals surface area contributed by atoms with Crippen LogP contribution in [0.25, 0.3) is 0 Å². The Labute approximate surface area is 113 Å². The molecular weight excluding hydrogens is 242 g/mol. The molecule has 0 saturated heterocycles. The van der Waals surface area contributed by atoms with Gasteiger partial charge in [0.2, 0.25) is 0 Å². The highest BCUT2D eigenvalue weighted by molar-refractivity contribution is 5.71. The van der Waals surface area contributed by atoms with Crippen LogP contribution in [-0.4, -0.2) is 36.2 Å². The van der Waals surface area contributed by atoms with E-state index in [-0.39, 0.29) is 6.04 Å². The van der Waals surface area contributed by atoms with Gasteiger partial charge in [0.15, 0.2) is 0 Å². The maximum absolute atomic E-state index is 11.0. The molecule has 0 spiro atoms. The lowest BCUT2D eigenvalue weighted by Gasteiger charge is -2.21. The van der Waals surface area contributed by atoms with Crippen LogP contribution in [-0.2, 0) is 4.79 Å². The lowest BCUT2D eigenvalue weighted by molar-refractivity contribution is -0.141. The first-order valence-electron chi connectivity index (χ1n) is 6.02. The van der Waals surface area contributed by atoms with E-state index < -0.39 is 11.9 Å². The van der Waals surface area contributed by atoms with Crippen molar-refractivity contribution in [2.24, 2.45) is 5.92 Å².